The minimum atomic E-state index is -0.898. The van der Waals surface area contributed by atoms with E-state index >= 15 is 0 Å². The van der Waals surface area contributed by atoms with Crippen molar-refractivity contribution in [3.05, 3.63) is 102 Å². The van der Waals surface area contributed by atoms with Crippen molar-refractivity contribution in [3.8, 4) is 0 Å². The fourth-order valence-electron chi connectivity index (χ4n) is 5.61. The number of aliphatic carboxylic acids is 2. The summed E-state index contributed by atoms with van der Waals surface area (Å²) in [7, 11) is 0. The van der Waals surface area contributed by atoms with E-state index in [0.29, 0.717) is 40.6 Å². The van der Waals surface area contributed by atoms with Crippen molar-refractivity contribution in [1.29, 1.82) is 0 Å². The number of rotatable bonds is 8. The molecule has 224 valence electrons. The molecule has 0 saturated heterocycles. The van der Waals surface area contributed by atoms with Crippen molar-refractivity contribution in [2.75, 3.05) is 0 Å². The summed E-state index contributed by atoms with van der Waals surface area (Å²) in [5, 5.41) is 21.7. The fraction of sp³-hybridized carbons (Fsp3) is 0.235. The van der Waals surface area contributed by atoms with Crippen LogP contribution in [0.4, 0.5) is 0 Å². The second-order valence-corrected chi connectivity index (χ2v) is 10.6. The van der Waals surface area contributed by atoms with Crippen LogP contribution in [-0.2, 0) is 39.5 Å². The van der Waals surface area contributed by atoms with Crippen LogP contribution >= 0.6 is 0 Å². The van der Waals surface area contributed by atoms with E-state index in [-0.39, 0.29) is 29.9 Å². The van der Waals surface area contributed by atoms with Crippen LogP contribution in [0.1, 0.15) is 80.1 Å². The standard InChI is InChI=1S/C34H32N4O4.Fe/c1-7-21-17(3)25-13-26-19(5)23(9-11-33(39)40)31(37-26)16-32-24(10-12-34(41)42)20(6)28(38-32)15-30-22(8-2)18(4)27(36-30)14-29(21)35-25;/h7-8,13-16H,1-2,9-12H2,3-6H3,(H,39,40)(H,41,42);/q-4;/b25-13-,26-13?,27-14?,28-15-,29-14-,30-15?,31-16?,32-16-;. The fourth-order valence-corrected chi connectivity index (χ4v) is 5.61. The van der Waals surface area contributed by atoms with Crippen molar-refractivity contribution in [2.45, 2.75) is 53.4 Å². The second-order valence-electron chi connectivity index (χ2n) is 10.6. The van der Waals surface area contributed by atoms with E-state index in [1.807, 2.05) is 52.0 Å². The molecule has 0 amide bonds. The average molecular weight is 616 g/mol. The Bertz CT molecular complexity index is 2030. The minimum absolute atomic E-state index is 0. The molecule has 0 saturated carbocycles. The molecule has 0 radical (unpaired) electrons. The summed E-state index contributed by atoms with van der Waals surface area (Å²) < 4.78 is 0. The number of aromatic nitrogens is 4. The molecule has 4 aromatic rings. The molecule has 0 aromatic carbocycles. The quantitative estimate of drug-likeness (QED) is 0.252. The molecule has 5 heterocycles. The SMILES string of the molecule is C=Cc1c2[n-]c(c1C)/C=c1\[n-]/c(c(C)c1C=C)=C\c1[n-]c(c(CCC(=O)O)c1C)/C=c1\[n-]/c(c(C)c1CCC(=O)O)=C\2.[Fe]. The van der Waals surface area contributed by atoms with Crippen molar-refractivity contribution in [1.82, 2.24) is 19.9 Å². The molecule has 0 atom stereocenters. The number of fused-ring (bicyclic) bond motifs is 8. The largest absolute Gasteiger partial charge is 0.657 e. The number of hydrogen-bond acceptors (Lipinski definition) is 2. The van der Waals surface area contributed by atoms with Gasteiger partial charge in [0.1, 0.15) is 0 Å². The third-order valence-electron chi connectivity index (χ3n) is 8.06. The summed E-state index contributed by atoms with van der Waals surface area (Å²) in [5.41, 5.74) is 9.84. The molecule has 8 bridgehead atoms. The molecule has 0 spiro atoms. The molecule has 9 heteroatoms. The van der Waals surface area contributed by atoms with Crippen molar-refractivity contribution >= 4 is 48.4 Å². The van der Waals surface area contributed by atoms with E-state index in [1.54, 1.807) is 12.2 Å². The van der Waals surface area contributed by atoms with Gasteiger partial charge in [0.05, 0.1) is 0 Å². The molecule has 2 N–H and O–H groups in total. The summed E-state index contributed by atoms with van der Waals surface area (Å²) in [4.78, 5) is 42.7. The first-order valence-electron chi connectivity index (χ1n) is 13.8. The van der Waals surface area contributed by atoms with Gasteiger partial charge < -0.3 is 30.1 Å². The Morgan fingerprint density at radius 3 is 1.72 bits per heavy atom. The van der Waals surface area contributed by atoms with Crippen molar-refractivity contribution in [3.63, 3.8) is 0 Å². The van der Waals surface area contributed by atoms with Crippen LogP contribution in [0.3, 0.4) is 0 Å². The van der Waals surface area contributed by atoms with Crippen LogP contribution in [0, 0.1) is 27.7 Å². The first-order chi connectivity index (χ1) is 20.0. The van der Waals surface area contributed by atoms with Gasteiger partial charge in [-0.2, -0.15) is 0 Å². The Morgan fingerprint density at radius 1 is 0.605 bits per heavy atom. The van der Waals surface area contributed by atoms with Crippen LogP contribution in [0.5, 0.6) is 0 Å². The van der Waals surface area contributed by atoms with Crippen molar-refractivity contribution in [2.24, 2.45) is 0 Å². The summed E-state index contributed by atoms with van der Waals surface area (Å²) in [6.45, 7) is 15.9. The van der Waals surface area contributed by atoms with E-state index in [1.165, 1.54) is 0 Å². The summed E-state index contributed by atoms with van der Waals surface area (Å²) in [6, 6.07) is 0. The van der Waals surface area contributed by atoms with Crippen LogP contribution in [0.25, 0.3) is 36.5 Å². The van der Waals surface area contributed by atoms with Crippen molar-refractivity contribution < 1.29 is 36.9 Å². The number of carboxylic acid groups (broad SMARTS) is 2. The van der Waals surface area contributed by atoms with Gasteiger partial charge in [-0.05, 0) is 51.7 Å². The normalized spacial score (nSPS) is 15.0. The molecule has 5 rings (SSSR count). The smallest absolute Gasteiger partial charge is 0.303 e. The summed E-state index contributed by atoms with van der Waals surface area (Å²) in [6.07, 6.45) is 11.7. The molecule has 43 heavy (non-hydrogen) atoms. The third kappa shape index (κ3) is 5.91. The zero-order valence-corrected chi connectivity index (χ0v) is 25.7. The van der Waals surface area contributed by atoms with E-state index in [2.05, 4.69) is 13.2 Å². The number of carboxylic acids is 2. The van der Waals surface area contributed by atoms with E-state index in [0.717, 1.165) is 60.9 Å². The molecular formula is C34H32FeN4O4-4. The Labute approximate surface area is 259 Å². The molecule has 4 aromatic heterocycles. The van der Waals surface area contributed by atoms with Crippen LogP contribution in [0.15, 0.2) is 13.2 Å². The number of hydrogen-bond donors (Lipinski definition) is 2. The van der Waals surface area contributed by atoms with E-state index < -0.39 is 11.9 Å². The summed E-state index contributed by atoms with van der Waals surface area (Å²) >= 11 is 0. The minimum Gasteiger partial charge on any atom is -0.657 e. The van der Waals surface area contributed by atoms with Gasteiger partial charge in [-0.1, -0.05) is 83.0 Å². The Kier molecular flexibility index (Phi) is 9.09. The zero-order chi connectivity index (χ0) is 30.3. The van der Waals surface area contributed by atoms with Gasteiger partial charge in [0.25, 0.3) is 0 Å². The molecule has 0 unspecified atom stereocenters. The first-order valence-corrected chi connectivity index (χ1v) is 13.8. The van der Waals surface area contributed by atoms with Gasteiger partial charge in [-0.25, -0.2) is 0 Å². The number of carbonyl (C=O) groups is 2. The van der Waals surface area contributed by atoms with Gasteiger partial charge in [-0.15, -0.1) is 44.2 Å². The van der Waals surface area contributed by atoms with Gasteiger partial charge in [0.15, 0.2) is 0 Å². The predicted octanol–water partition coefficient (Wildman–Crippen LogP) is 1.70. The van der Waals surface area contributed by atoms with Crippen LogP contribution in [0.2, 0.25) is 0 Å². The molecule has 0 fully saturated rings. The molecule has 1 aliphatic rings. The van der Waals surface area contributed by atoms with E-state index in [4.69, 9.17) is 19.9 Å². The van der Waals surface area contributed by atoms with Gasteiger partial charge in [0, 0.05) is 29.9 Å². The maximum absolute atomic E-state index is 11.5. The molecule has 0 aliphatic carbocycles. The number of nitrogens with zero attached hydrogens (tertiary/aromatic N) is 4. The maximum Gasteiger partial charge on any atom is 0.303 e. The predicted molar refractivity (Wildman–Crippen MR) is 163 cm³/mol. The van der Waals surface area contributed by atoms with Gasteiger partial charge in [0.2, 0.25) is 0 Å². The van der Waals surface area contributed by atoms with E-state index in [9.17, 15) is 19.8 Å². The Hall–Kier alpha value is -4.46. The average Bonchev–Trinajstić information content (AvgIpc) is 3.59. The maximum atomic E-state index is 11.5. The van der Waals surface area contributed by atoms with Gasteiger partial charge >= 0.3 is 11.9 Å². The third-order valence-corrected chi connectivity index (χ3v) is 8.06. The van der Waals surface area contributed by atoms with Crippen LogP contribution in [-0.4, -0.2) is 22.2 Å². The molecule has 8 nitrogen and oxygen atoms in total. The zero-order valence-electron chi connectivity index (χ0n) is 24.6. The molecular weight excluding hydrogens is 584 g/mol. The second kappa shape index (κ2) is 12.4. The first kappa shape index (κ1) is 31.5. The Morgan fingerprint density at radius 2 is 1.09 bits per heavy atom. The monoisotopic (exact) mass is 616 g/mol. The molecule has 1 aliphatic heterocycles. The summed E-state index contributed by atoms with van der Waals surface area (Å²) in [5.74, 6) is -1.80. The van der Waals surface area contributed by atoms with Gasteiger partial charge in [-0.3, -0.25) is 9.59 Å². The Balaban J connectivity index is 0.00000423. The topological polar surface area (TPSA) is 131 Å². The van der Waals surface area contributed by atoms with Crippen LogP contribution < -0.4 is 41.3 Å².